The molecule has 0 fully saturated rings. The van der Waals surface area contributed by atoms with E-state index >= 15 is 0 Å². The van der Waals surface area contributed by atoms with Gasteiger partial charge >= 0.3 is 6.03 Å². The zero-order chi connectivity index (χ0) is 16.1. The highest BCUT2D eigenvalue weighted by Crippen LogP contribution is 2.18. The number of halogens is 1. The fourth-order valence-electron chi connectivity index (χ4n) is 2.05. The molecule has 4 nitrogen and oxygen atoms in total. The number of rotatable bonds is 4. The predicted octanol–water partition coefficient (Wildman–Crippen LogP) is 3.30. The number of hydrogen-bond donors (Lipinski definition) is 3. The van der Waals surface area contributed by atoms with E-state index in [0.717, 1.165) is 16.8 Å². The van der Waals surface area contributed by atoms with Crippen LogP contribution in [0, 0.1) is 19.7 Å². The van der Waals surface area contributed by atoms with E-state index in [1.165, 1.54) is 24.3 Å². The molecule has 2 aromatic rings. The lowest BCUT2D eigenvalue weighted by atomic mass is 10.1. The molecule has 2 amide bonds. The number of carbonyl (C=O) groups is 1. The first-order valence-electron chi connectivity index (χ1n) is 7.02. The van der Waals surface area contributed by atoms with Crippen molar-refractivity contribution in [2.75, 3.05) is 11.9 Å². The molecule has 0 aliphatic rings. The number of aliphatic hydroxyl groups excluding tert-OH is 1. The van der Waals surface area contributed by atoms with E-state index in [9.17, 15) is 14.3 Å². The molecule has 5 heteroatoms. The molecule has 0 aliphatic carbocycles. The second-order valence-electron chi connectivity index (χ2n) is 5.15. The number of hydrogen-bond acceptors (Lipinski definition) is 2. The molecule has 0 unspecified atom stereocenters. The van der Waals surface area contributed by atoms with Gasteiger partial charge in [0.05, 0.1) is 6.10 Å². The molecule has 0 spiro atoms. The van der Waals surface area contributed by atoms with Crippen molar-refractivity contribution in [2.24, 2.45) is 0 Å². The molecule has 0 bridgehead atoms. The van der Waals surface area contributed by atoms with Crippen molar-refractivity contribution < 1.29 is 14.3 Å². The summed E-state index contributed by atoms with van der Waals surface area (Å²) in [6, 6.07) is 10.8. The molecule has 2 aromatic carbocycles. The Morgan fingerprint density at radius 3 is 2.55 bits per heavy atom. The van der Waals surface area contributed by atoms with Gasteiger partial charge in [-0.05, 0) is 48.7 Å². The van der Waals surface area contributed by atoms with Crippen LogP contribution in [-0.2, 0) is 0 Å². The Bertz CT molecular complexity index is 656. The van der Waals surface area contributed by atoms with Crippen LogP contribution in [0.25, 0.3) is 0 Å². The average molecular weight is 302 g/mol. The number of carbonyl (C=O) groups excluding carboxylic acids is 1. The molecule has 0 radical (unpaired) electrons. The van der Waals surface area contributed by atoms with E-state index in [0.29, 0.717) is 5.56 Å². The van der Waals surface area contributed by atoms with Crippen molar-refractivity contribution in [3.05, 3.63) is 65.0 Å². The van der Waals surface area contributed by atoms with Crippen LogP contribution in [-0.4, -0.2) is 17.7 Å². The SMILES string of the molecule is Cc1cccc(NC(=O)NC[C@H](O)c2ccc(F)cc2)c1C. The molecular weight excluding hydrogens is 283 g/mol. The van der Waals surface area contributed by atoms with Gasteiger partial charge in [0.15, 0.2) is 0 Å². The van der Waals surface area contributed by atoms with Gasteiger partial charge in [0.25, 0.3) is 0 Å². The summed E-state index contributed by atoms with van der Waals surface area (Å²) < 4.78 is 12.8. The quantitative estimate of drug-likeness (QED) is 0.811. The van der Waals surface area contributed by atoms with Gasteiger partial charge in [-0.15, -0.1) is 0 Å². The minimum atomic E-state index is -0.884. The predicted molar refractivity (Wildman–Crippen MR) is 84.3 cm³/mol. The Kier molecular flexibility index (Phi) is 5.12. The zero-order valence-electron chi connectivity index (χ0n) is 12.6. The molecule has 1 atom stereocenters. The molecule has 0 aliphatic heterocycles. The largest absolute Gasteiger partial charge is 0.387 e. The molecule has 0 saturated carbocycles. The van der Waals surface area contributed by atoms with E-state index in [1.807, 2.05) is 32.0 Å². The van der Waals surface area contributed by atoms with Crippen molar-refractivity contribution >= 4 is 11.7 Å². The van der Waals surface area contributed by atoms with Crippen molar-refractivity contribution in [3.8, 4) is 0 Å². The molecule has 2 rings (SSSR count). The Morgan fingerprint density at radius 1 is 1.18 bits per heavy atom. The van der Waals surface area contributed by atoms with E-state index in [-0.39, 0.29) is 12.4 Å². The maximum atomic E-state index is 12.8. The van der Waals surface area contributed by atoms with E-state index in [4.69, 9.17) is 0 Å². The highest BCUT2D eigenvalue weighted by atomic mass is 19.1. The van der Waals surface area contributed by atoms with E-state index in [2.05, 4.69) is 10.6 Å². The van der Waals surface area contributed by atoms with Gasteiger partial charge in [0.1, 0.15) is 5.82 Å². The van der Waals surface area contributed by atoms with Gasteiger partial charge in [-0.25, -0.2) is 9.18 Å². The van der Waals surface area contributed by atoms with Gasteiger partial charge in [0, 0.05) is 12.2 Å². The smallest absolute Gasteiger partial charge is 0.319 e. The Hall–Kier alpha value is -2.40. The first-order valence-corrected chi connectivity index (χ1v) is 7.02. The third-order valence-corrected chi connectivity index (χ3v) is 3.56. The minimum Gasteiger partial charge on any atom is -0.387 e. The Morgan fingerprint density at radius 2 is 1.86 bits per heavy atom. The fraction of sp³-hybridized carbons (Fsp3) is 0.235. The average Bonchev–Trinajstić information content (AvgIpc) is 2.50. The van der Waals surface area contributed by atoms with Crippen molar-refractivity contribution in [2.45, 2.75) is 20.0 Å². The number of amides is 2. The van der Waals surface area contributed by atoms with Crippen LogP contribution >= 0.6 is 0 Å². The molecule has 0 heterocycles. The molecule has 3 N–H and O–H groups in total. The lowest BCUT2D eigenvalue weighted by molar-refractivity contribution is 0.175. The van der Waals surface area contributed by atoms with E-state index in [1.54, 1.807) is 0 Å². The summed E-state index contributed by atoms with van der Waals surface area (Å²) in [4.78, 5) is 11.9. The second kappa shape index (κ2) is 7.04. The third kappa shape index (κ3) is 4.05. The van der Waals surface area contributed by atoms with Gasteiger partial charge in [-0.3, -0.25) is 0 Å². The van der Waals surface area contributed by atoms with Crippen molar-refractivity contribution in [1.29, 1.82) is 0 Å². The zero-order valence-corrected chi connectivity index (χ0v) is 12.6. The lowest BCUT2D eigenvalue weighted by Crippen LogP contribution is -2.32. The second-order valence-corrected chi connectivity index (χ2v) is 5.15. The molecule has 116 valence electrons. The van der Waals surface area contributed by atoms with Crippen LogP contribution in [0.5, 0.6) is 0 Å². The van der Waals surface area contributed by atoms with Crippen LogP contribution in [0.2, 0.25) is 0 Å². The first kappa shape index (κ1) is 16.0. The monoisotopic (exact) mass is 302 g/mol. The maximum Gasteiger partial charge on any atom is 0.319 e. The van der Waals surface area contributed by atoms with Crippen LogP contribution < -0.4 is 10.6 Å². The number of aliphatic hydroxyl groups is 1. The number of anilines is 1. The van der Waals surface area contributed by atoms with Crippen molar-refractivity contribution in [3.63, 3.8) is 0 Å². The maximum absolute atomic E-state index is 12.8. The molecule has 0 saturated heterocycles. The van der Waals surface area contributed by atoms with E-state index < -0.39 is 12.1 Å². The first-order chi connectivity index (χ1) is 10.5. The summed E-state index contributed by atoms with van der Waals surface area (Å²) in [6.45, 7) is 3.94. The summed E-state index contributed by atoms with van der Waals surface area (Å²) in [5.74, 6) is -0.364. The lowest BCUT2D eigenvalue weighted by Gasteiger charge is -2.14. The summed E-state index contributed by atoms with van der Waals surface area (Å²) in [6.07, 6.45) is -0.884. The van der Waals surface area contributed by atoms with Gasteiger partial charge in [-0.1, -0.05) is 24.3 Å². The van der Waals surface area contributed by atoms with Gasteiger partial charge < -0.3 is 15.7 Å². The van der Waals surface area contributed by atoms with Crippen molar-refractivity contribution in [1.82, 2.24) is 5.32 Å². The number of aryl methyl sites for hydroxylation is 1. The Labute approximate surface area is 129 Å². The highest BCUT2D eigenvalue weighted by molar-refractivity contribution is 5.90. The van der Waals surface area contributed by atoms with Crippen LogP contribution in [0.15, 0.2) is 42.5 Å². The number of urea groups is 1. The summed E-state index contributed by atoms with van der Waals surface area (Å²) in [7, 11) is 0. The minimum absolute atomic E-state index is 0.0440. The molecular formula is C17H19FN2O2. The molecule has 0 aromatic heterocycles. The van der Waals surface area contributed by atoms with Crippen LogP contribution in [0.3, 0.4) is 0 Å². The molecule has 22 heavy (non-hydrogen) atoms. The topological polar surface area (TPSA) is 61.4 Å². The normalized spacial score (nSPS) is 11.8. The fourth-order valence-corrected chi connectivity index (χ4v) is 2.05. The number of benzene rings is 2. The standard InChI is InChI=1S/C17H19FN2O2/c1-11-4-3-5-15(12(11)2)20-17(22)19-10-16(21)13-6-8-14(18)9-7-13/h3-9,16,21H,10H2,1-2H3,(H2,19,20,22)/t16-/m0/s1. The Balaban J connectivity index is 1.90. The number of nitrogens with one attached hydrogen (secondary N) is 2. The summed E-state index contributed by atoms with van der Waals surface area (Å²) >= 11 is 0. The van der Waals surface area contributed by atoms with Gasteiger partial charge in [0.2, 0.25) is 0 Å². The van der Waals surface area contributed by atoms with Crippen LogP contribution in [0.1, 0.15) is 22.8 Å². The van der Waals surface area contributed by atoms with Crippen LogP contribution in [0.4, 0.5) is 14.9 Å². The summed E-state index contributed by atoms with van der Waals surface area (Å²) in [5.41, 5.74) is 3.36. The van der Waals surface area contributed by atoms with Gasteiger partial charge in [-0.2, -0.15) is 0 Å². The summed E-state index contributed by atoms with van der Waals surface area (Å²) in [5, 5.41) is 15.3. The highest BCUT2D eigenvalue weighted by Gasteiger charge is 2.10. The third-order valence-electron chi connectivity index (χ3n) is 3.56.